The van der Waals surface area contributed by atoms with Crippen LogP contribution in [-0.4, -0.2) is 40.2 Å². The lowest BCUT2D eigenvalue weighted by Crippen LogP contribution is -2.46. The first kappa shape index (κ1) is 21.3. The van der Waals surface area contributed by atoms with Crippen molar-refractivity contribution in [2.45, 2.75) is 12.3 Å². The van der Waals surface area contributed by atoms with E-state index in [2.05, 4.69) is 15.4 Å². The average Bonchev–Trinajstić information content (AvgIpc) is 3.20. The Kier molecular flexibility index (Phi) is 5.30. The van der Waals surface area contributed by atoms with Crippen LogP contribution in [0.1, 0.15) is 32.7 Å². The van der Waals surface area contributed by atoms with Gasteiger partial charge in [0.15, 0.2) is 5.69 Å². The number of amides is 2. The van der Waals surface area contributed by atoms with E-state index in [4.69, 9.17) is 10.5 Å². The number of hydrogen-bond donors (Lipinski definition) is 2. The van der Waals surface area contributed by atoms with Crippen LogP contribution in [0.3, 0.4) is 0 Å². The first-order valence-electron chi connectivity index (χ1n) is 9.33. The summed E-state index contributed by atoms with van der Waals surface area (Å²) in [5.74, 6) is -0.938. The fraction of sp³-hybridized carbons (Fsp3) is 0.200. The van der Waals surface area contributed by atoms with Gasteiger partial charge in [-0.05, 0) is 30.3 Å². The highest BCUT2D eigenvalue weighted by atomic mass is 19.4. The second-order valence-electron chi connectivity index (χ2n) is 6.90. The maximum absolute atomic E-state index is 13.1. The zero-order valence-corrected chi connectivity index (χ0v) is 16.6. The van der Waals surface area contributed by atoms with Gasteiger partial charge in [-0.25, -0.2) is 9.67 Å². The summed E-state index contributed by atoms with van der Waals surface area (Å²) in [6.07, 6.45) is -3.99. The van der Waals surface area contributed by atoms with Crippen LogP contribution in [0, 0.1) is 0 Å². The number of methoxy groups -OCH3 is 1. The molecule has 4 rings (SSSR count). The van der Waals surface area contributed by atoms with E-state index in [1.165, 1.54) is 41.1 Å². The molecule has 0 aliphatic carbocycles. The largest absolute Gasteiger partial charge is 0.481 e. The van der Waals surface area contributed by atoms with Gasteiger partial charge in [0.25, 0.3) is 11.8 Å². The van der Waals surface area contributed by atoms with Gasteiger partial charge < -0.3 is 20.7 Å². The Balaban J connectivity index is 1.62. The number of anilines is 2. The topological polar surface area (TPSA) is 115 Å². The number of nitrogens with zero attached hydrogens (tertiary/aromatic N) is 4. The van der Waals surface area contributed by atoms with Crippen LogP contribution < -0.4 is 20.7 Å². The lowest BCUT2D eigenvalue weighted by Gasteiger charge is -2.32. The van der Waals surface area contributed by atoms with E-state index in [1.807, 2.05) is 0 Å². The van der Waals surface area contributed by atoms with Crippen LogP contribution in [0.15, 0.2) is 48.7 Å². The molecule has 166 valence electrons. The smallest absolute Gasteiger partial charge is 0.416 e. The maximum Gasteiger partial charge on any atom is 0.416 e. The van der Waals surface area contributed by atoms with E-state index < -0.39 is 29.7 Å². The summed E-state index contributed by atoms with van der Waals surface area (Å²) < 4.78 is 44.8. The standard InChI is InChI=1S/C20H17F3N6O3/c1-32-16-4-2-3-13(26-16)18(30)27-14-9-25-29-15(24)10-28(19(31)17(14)29)12-7-5-11(6-8-12)20(21,22)23/h2-9,15H,10,24H2,1H3,(H,27,30). The Labute approximate surface area is 179 Å². The molecule has 1 aliphatic rings. The molecule has 3 heterocycles. The Bertz CT molecular complexity index is 1180. The van der Waals surface area contributed by atoms with Gasteiger partial charge in [0, 0.05) is 11.8 Å². The molecule has 0 spiro atoms. The number of nitrogens with one attached hydrogen (secondary N) is 1. The van der Waals surface area contributed by atoms with Crippen LogP contribution in [0.5, 0.6) is 5.88 Å². The summed E-state index contributed by atoms with van der Waals surface area (Å²) in [6, 6.07) is 8.78. The number of hydrogen-bond acceptors (Lipinski definition) is 6. The first-order chi connectivity index (χ1) is 15.2. The lowest BCUT2D eigenvalue weighted by atomic mass is 10.1. The van der Waals surface area contributed by atoms with E-state index in [9.17, 15) is 22.8 Å². The minimum atomic E-state index is -4.49. The number of halogens is 3. The lowest BCUT2D eigenvalue weighted by molar-refractivity contribution is -0.137. The van der Waals surface area contributed by atoms with E-state index in [0.717, 1.165) is 12.1 Å². The third kappa shape index (κ3) is 3.87. The fourth-order valence-electron chi connectivity index (χ4n) is 3.29. The van der Waals surface area contributed by atoms with Crippen molar-refractivity contribution in [3.8, 4) is 5.88 Å². The summed E-state index contributed by atoms with van der Waals surface area (Å²) in [5, 5.41) is 6.66. The molecule has 32 heavy (non-hydrogen) atoms. The van der Waals surface area contributed by atoms with Crippen molar-refractivity contribution in [1.29, 1.82) is 0 Å². The summed E-state index contributed by atoms with van der Waals surface area (Å²) in [7, 11) is 1.41. The van der Waals surface area contributed by atoms with Crippen molar-refractivity contribution in [3.63, 3.8) is 0 Å². The molecule has 1 unspecified atom stereocenters. The van der Waals surface area contributed by atoms with E-state index >= 15 is 0 Å². The highest BCUT2D eigenvalue weighted by molar-refractivity contribution is 6.12. The quantitative estimate of drug-likeness (QED) is 0.637. The summed E-state index contributed by atoms with van der Waals surface area (Å²) >= 11 is 0. The molecule has 1 aromatic carbocycles. The van der Waals surface area contributed by atoms with Crippen LogP contribution >= 0.6 is 0 Å². The monoisotopic (exact) mass is 446 g/mol. The minimum absolute atomic E-state index is 0.0000981. The van der Waals surface area contributed by atoms with Crippen molar-refractivity contribution in [1.82, 2.24) is 14.8 Å². The molecule has 2 aromatic heterocycles. The molecule has 0 fully saturated rings. The van der Waals surface area contributed by atoms with E-state index in [0.29, 0.717) is 0 Å². The van der Waals surface area contributed by atoms with Gasteiger partial charge in [-0.3, -0.25) is 9.59 Å². The van der Waals surface area contributed by atoms with E-state index in [-0.39, 0.29) is 35.2 Å². The number of pyridine rings is 1. The molecule has 12 heteroatoms. The molecule has 1 atom stereocenters. The normalized spacial score (nSPS) is 16.0. The summed E-state index contributed by atoms with van der Waals surface area (Å²) in [4.78, 5) is 31.0. The maximum atomic E-state index is 13.1. The SMILES string of the molecule is COc1cccc(C(=O)Nc2cnn3c2C(=O)N(c2ccc(C(F)(F)F)cc2)CC3N)n1. The Morgan fingerprint density at radius 2 is 1.94 bits per heavy atom. The van der Waals surface area contributed by atoms with Crippen molar-refractivity contribution >= 4 is 23.2 Å². The highest BCUT2D eigenvalue weighted by Gasteiger charge is 2.35. The second kappa shape index (κ2) is 7.96. The van der Waals surface area contributed by atoms with Gasteiger partial charge in [0.2, 0.25) is 5.88 Å². The molecule has 9 nitrogen and oxygen atoms in total. The van der Waals surface area contributed by atoms with Crippen molar-refractivity contribution < 1.29 is 27.5 Å². The molecule has 2 amide bonds. The zero-order valence-electron chi connectivity index (χ0n) is 16.6. The minimum Gasteiger partial charge on any atom is -0.481 e. The van der Waals surface area contributed by atoms with Gasteiger partial charge in [-0.2, -0.15) is 18.3 Å². The van der Waals surface area contributed by atoms with Gasteiger partial charge in [-0.1, -0.05) is 6.07 Å². The van der Waals surface area contributed by atoms with Gasteiger partial charge in [0.1, 0.15) is 11.9 Å². The Morgan fingerprint density at radius 1 is 1.22 bits per heavy atom. The number of fused-ring (bicyclic) bond motifs is 1. The summed E-state index contributed by atoms with van der Waals surface area (Å²) in [6.45, 7) is -0.0102. The van der Waals surface area contributed by atoms with Crippen LogP contribution in [0.2, 0.25) is 0 Å². The molecule has 3 N–H and O–H groups in total. The molecular formula is C20H17F3N6O3. The molecule has 0 saturated carbocycles. The highest BCUT2D eigenvalue weighted by Crippen LogP contribution is 2.33. The van der Waals surface area contributed by atoms with Crippen molar-refractivity contribution in [2.75, 3.05) is 23.9 Å². The predicted molar refractivity (Wildman–Crippen MR) is 107 cm³/mol. The molecule has 1 aliphatic heterocycles. The van der Waals surface area contributed by atoms with Gasteiger partial charge in [-0.15, -0.1) is 0 Å². The molecule has 3 aromatic rings. The summed E-state index contributed by atoms with van der Waals surface area (Å²) in [5.41, 5.74) is 5.66. The molecule has 0 bridgehead atoms. The number of rotatable bonds is 4. The Hall–Kier alpha value is -3.93. The molecule has 0 radical (unpaired) electrons. The third-order valence-electron chi connectivity index (χ3n) is 4.85. The number of ether oxygens (including phenoxy) is 1. The number of alkyl halides is 3. The van der Waals surface area contributed by atoms with E-state index in [1.54, 1.807) is 12.1 Å². The fourth-order valence-corrected chi connectivity index (χ4v) is 3.29. The van der Waals surface area contributed by atoms with Crippen molar-refractivity contribution in [3.05, 3.63) is 65.6 Å². The zero-order chi connectivity index (χ0) is 23.0. The van der Waals surface area contributed by atoms with Crippen LogP contribution in [0.4, 0.5) is 24.5 Å². The third-order valence-corrected chi connectivity index (χ3v) is 4.85. The predicted octanol–water partition coefficient (Wildman–Crippen LogP) is 2.68. The number of aromatic nitrogens is 3. The van der Waals surface area contributed by atoms with Crippen LogP contribution in [-0.2, 0) is 6.18 Å². The molecule has 0 saturated heterocycles. The first-order valence-corrected chi connectivity index (χ1v) is 9.33. The number of carbonyl (C=O) groups is 2. The Morgan fingerprint density at radius 3 is 2.59 bits per heavy atom. The second-order valence-corrected chi connectivity index (χ2v) is 6.90. The number of nitrogens with two attached hydrogens (primary N) is 1. The van der Waals surface area contributed by atoms with Gasteiger partial charge >= 0.3 is 6.18 Å². The van der Waals surface area contributed by atoms with Crippen LogP contribution in [0.25, 0.3) is 0 Å². The average molecular weight is 446 g/mol. The number of carbonyl (C=O) groups excluding carboxylic acids is 2. The molecular weight excluding hydrogens is 429 g/mol. The number of benzene rings is 1. The van der Waals surface area contributed by atoms with Crippen molar-refractivity contribution in [2.24, 2.45) is 5.73 Å². The van der Waals surface area contributed by atoms with Gasteiger partial charge in [0.05, 0.1) is 31.1 Å².